The predicted octanol–water partition coefficient (Wildman–Crippen LogP) is 3.70. The third-order valence-electron chi connectivity index (χ3n) is 2.61. The zero-order valence-electron chi connectivity index (χ0n) is 10.0. The van der Waals surface area contributed by atoms with Crippen molar-refractivity contribution in [3.8, 4) is 16.9 Å². The lowest BCUT2D eigenvalue weighted by molar-refractivity contribution is 0.112. The van der Waals surface area contributed by atoms with Gasteiger partial charge in [-0.1, -0.05) is 18.2 Å². The van der Waals surface area contributed by atoms with Crippen molar-refractivity contribution in [1.82, 2.24) is 0 Å². The van der Waals surface area contributed by atoms with E-state index in [9.17, 15) is 9.18 Å². The van der Waals surface area contributed by atoms with Crippen LogP contribution in [0, 0.1) is 5.82 Å². The topological polar surface area (TPSA) is 26.3 Å². The number of hydrogen-bond donors (Lipinski definition) is 0. The maximum Gasteiger partial charge on any atom is 0.152 e. The molecule has 2 nitrogen and oxygen atoms in total. The molecule has 2 aromatic rings. The van der Waals surface area contributed by atoms with E-state index in [1.54, 1.807) is 6.07 Å². The minimum absolute atomic E-state index is 0.0692. The first kappa shape index (κ1) is 12.3. The highest BCUT2D eigenvalue weighted by molar-refractivity contribution is 5.77. The third kappa shape index (κ3) is 2.56. The molecule has 2 rings (SSSR count). The van der Waals surface area contributed by atoms with Gasteiger partial charge in [-0.25, -0.2) is 4.39 Å². The van der Waals surface area contributed by atoms with E-state index in [1.807, 2.05) is 31.2 Å². The van der Waals surface area contributed by atoms with E-state index < -0.39 is 5.82 Å². The van der Waals surface area contributed by atoms with E-state index >= 15 is 0 Å². The zero-order chi connectivity index (χ0) is 13.0. The number of rotatable bonds is 4. The molecule has 0 saturated carbocycles. The predicted molar refractivity (Wildman–Crippen MR) is 68.4 cm³/mol. The minimum Gasteiger partial charge on any atom is -0.494 e. The van der Waals surface area contributed by atoms with Crippen molar-refractivity contribution in [2.45, 2.75) is 6.92 Å². The molecule has 0 radical (unpaired) electrons. The van der Waals surface area contributed by atoms with Gasteiger partial charge in [0.25, 0.3) is 0 Å². The van der Waals surface area contributed by atoms with Gasteiger partial charge in [0.2, 0.25) is 0 Å². The maximum absolute atomic E-state index is 13.5. The second kappa shape index (κ2) is 5.45. The van der Waals surface area contributed by atoms with Crippen LogP contribution in [0.15, 0.2) is 42.5 Å². The summed E-state index contributed by atoms with van der Waals surface area (Å²) in [6.45, 7) is 2.49. The number of carbonyl (C=O) groups is 1. The van der Waals surface area contributed by atoms with E-state index in [1.165, 1.54) is 12.1 Å². The van der Waals surface area contributed by atoms with E-state index in [0.29, 0.717) is 12.9 Å². The smallest absolute Gasteiger partial charge is 0.152 e. The van der Waals surface area contributed by atoms with Gasteiger partial charge in [-0.15, -0.1) is 0 Å². The van der Waals surface area contributed by atoms with Gasteiger partial charge < -0.3 is 4.74 Å². The largest absolute Gasteiger partial charge is 0.494 e. The Hall–Kier alpha value is -2.16. The van der Waals surface area contributed by atoms with Crippen molar-refractivity contribution in [3.05, 3.63) is 53.8 Å². The molecule has 0 saturated heterocycles. The fourth-order valence-electron chi connectivity index (χ4n) is 1.73. The Kier molecular flexibility index (Phi) is 3.72. The average molecular weight is 244 g/mol. The highest BCUT2D eigenvalue weighted by atomic mass is 19.1. The molecular formula is C15H13FO2. The first-order valence-corrected chi connectivity index (χ1v) is 5.72. The summed E-state index contributed by atoms with van der Waals surface area (Å²) in [7, 11) is 0. The van der Waals surface area contributed by atoms with Gasteiger partial charge in [-0.3, -0.25) is 4.79 Å². The van der Waals surface area contributed by atoms with E-state index in [0.717, 1.165) is 16.9 Å². The van der Waals surface area contributed by atoms with E-state index in [4.69, 9.17) is 4.74 Å². The van der Waals surface area contributed by atoms with Crippen molar-refractivity contribution in [3.63, 3.8) is 0 Å². The molecular weight excluding hydrogens is 231 g/mol. The molecule has 92 valence electrons. The molecule has 0 N–H and O–H groups in total. The Labute approximate surface area is 105 Å². The lowest BCUT2D eigenvalue weighted by atomic mass is 10.0. The van der Waals surface area contributed by atoms with Crippen LogP contribution in [0.5, 0.6) is 5.75 Å². The second-order valence-electron chi connectivity index (χ2n) is 3.81. The summed E-state index contributed by atoms with van der Waals surface area (Å²) in [5.41, 5.74) is 1.65. The van der Waals surface area contributed by atoms with Crippen molar-refractivity contribution < 1.29 is 13.9 Å². The molecule has 0 atom stereocenters. The molecule has 0 unspecified atom stereocenters. The Morgan fingerprint density at radius 3 is 2.61 bits per heavy atom. The Balaban J connectivity index is 2.39. The molecule has 0 heterocycles. The molecule has 0 aromatic heterocycles. The van der Waals surface area contributed by atoms with Crippen LogP contribution >= 0.6 is 0 Å². The SMILES string of the molecule is CCOc1cccc(-c2ccc(C=O)c(F)c2)c1. The van der Waals surface area contributed by atoms with Crippen molar-refractivity contribution >= 4 is 6.29 Å². The van der Waals surface area contributed by atoms with Gasteiger partial charge in [0.15, 0.2) is 6.29 Å². The lowest BCUT2D eigenvalue weighted by Crippen LogP contribution is -1.92. The van der Waals surface area contributed by atoms with Crippen LogP contribution < -0.4 is 4.74 Å². The summed E-state index contributed by atoms with van der Waals surface area (Å²) in [6, 6.07) is 12.0. The normalized spacial score (nSPS) is 10.1. The van der Waals surface area contributed by atoms with Crippen LogP contribution in [-0.4, -0.2) is 12.9 Å². The number of hydrogen-bond acceptors (Lipinski definition) is 2. The molecule has 2 aromatic carbocycles. The maximum atomic E-state index is 13.5. The van der Waals surface area contributed by atoms with Crippen LogP contribution in [0.1, 0.15) is 17.3 Å². The number of aldehydes is 1. The molecule has 0 aliphatic carbocycles. The van der Waals surface area contributed by atoms with E-state index in [2.05, 4.69) is 0 Å². The average Bonchev–Trinajstić information content (AvgIpc) is 2.39. The van der Waals surface area contributed by atoms with Gasteiger partial charge in [0.1, 0.15) is 11.6 Å². The lowest BCUT2D eigenvalue weighted by Gasteiger charge is -2.07. The summed E-state index contributed by atoms with van der Waals surface area (Å²) in [5, 5.41) is 0. The van der Waals surface area contributed by atoms with Crippen LogP contribution in [0.25, 0.3) is 11.1 Å². The number of ether oxygens (including phenoxy) is 1. The van der Waals surface area contributed by atoms with Gasteiger partial charge in [-0.2, -0.15) is 0 Å². The first-order chi connectivity index (χ1) is 8.74. The Morgan fingerprint density at radius 1 is 1.17 bits per heavy atom. The minimum atomic E-state index is -0.510. The molecule has 18 heavy (non-hydrogen) atoms. The fraction of sp³-hybridized carbons (Fsp3) is 0.133. The van der Waals surface area contributed by atoms with Crippen LogP contribution in [-0.2, 0) is 0 Å². The van der Waals surface area contributed by atoms with E-state index in [-0.39, 0.29) is 5.56 Å². The van der Waals surface area contributed by atoms with Crippen molar-refractivity contribution in [2.24, 2.45) is 0 Å². The molecule has 0 aliphatic heterocycles. The number of carbonyl (C=O) groups excluding carboxylic acids is 1. The van der Waals surface area contributed by atoms with Gasteiger partial charge in [0.05, 0.1) is 12.2 Å². The fourth-order valence-corrected chi connectivity index (χ4v) is 1.73. The Morgan fingerprint density at radius 2 is 1.94 bits per heavy atom. The number of benzene rings is 2. The van der Waals surface area contributed by atoms with Crippen LogP contribution in [0.4, 0.5) is 4.39 Å². The van der Waals surface area contributed by atoms with Gasteiger partial charge in [-0.05, 0) is 42.3 Å². The summed E-state index contributed by atoms with van der Waals surface area (Å²) in [6.07, 6.45) is 0.510. The van der Waals surface area contributed by atoms with Gasteiger partial charge >= 0.3 is 0 Å². The molecule has 0 bridgehead atoms. The zero-order valence-corrected chi connectivity index (χ0v) is 10.0. The summed E-state index contributed by atoms with van der Waals surface area (Å²) < 4.78 is 18.9. The molecule has 0 fully saturated rings. The summed E-state index contributed by atoms with van der Waals surface area (Å²) in [5.74, 6) is 0.235. The number of halogens is 1. The highest BCUT2D eigenvalue weighted by Gasteiger charge is 2.05. The van der Waals surface area contributed by atoms with Crippen molar-refractivity contribution in [1.29, 1.82) is 0 Å². The second-order valence-corrected chi connectivity index (χ2v) is 3.81. The molecule has 0 amide bonds. The quantitative estimate of drug-likeness (QED) is 0.766. The van der Waals surface area contributed by atoms with Crippen molar-refractivity contribution in [2.75, 3.05) is 6.61 Å². The summed E-state index contributed by atoms with van der Waals surface area (Å²) in [4.78, 5) is 10.6. The molecule has 0 spiro atoms. The summed E-state index contributed by atoms with van der Waals surface area (Å²) >= 11 is 0. The van der Waals surface area contributed by atoms with Gasteiger partial charge in [0, 0.05) is 0 Å². The molecule has 0 aliphatic rings. The highest BCUT2D eigenvalue weighted by Crippen LogP contribution is 2.25. The molecule has 3 heteroatoms. The monoisotopic (exact) mass is 244 g/mol. The van der Waals surface area contributed by atoms with Crippen LogP contribution in [0.3, 0.4) is 0 Å². The Bertz CT molecular complexity index is 564. The standard InChI is InChI=1S/C15H13FO2/c1-2-18-14-5-3-4-11(8-14)12-6-7-13(10-17)15(16)9-12/h3-10H,2H2,1H3. The third-order valence-corrected chi connectivity index (χ3v) is 2.61. The first-order valence-electron chi connectivity index (χ1n) is 5.72. The van der Waals surface area contributed by atoms with Crippen LogP contribution in [0.2, 0.25) is 0 Å².